The van der Waals surface area contributed by atoms with Crippen LogP contribution in [0, 0.1) is 5.92 Å². The molecule has 0 saturated heterocycles. The van der Waals surface area contributed by atoms with Crippen LogP contribution in [0.1, 0.15) is 37.2 Å². The van der Waals surface area contributed by atoms with Gasteiger partial charge in [-0.25, -0.2) is 0 Å². The highest BCUT2D eigenvalue weighted by molar-refractivity contribution is 5.92. The third-order valence-corrected chi connectivity index (χ3v) is 3.93. The number of phenols is 1. The normalized spacial score (nSPS) is 20.2. The van der Waals surface area contributed by atoms with Gasteiger partial charge in [0.15, 0.2) is 0 Å². The maximum Gasteiger partial charge on any atom is 0.224 e. The van der Waals surface area contributed by atoms with Gasteiger partial charge in [0.2, 0.25) is 5.91 Å². The van der Waals surface area contributed by atoms with Crippen LogP contribution in [0.25, 0.3) is 0 Å². The summed E-state index contributed by atoms with van der Waals surface area (Å²) in [6.45, 7) is 2.21. The minimum absolute atomic E-state index is 0.0776. The Morgan fingerprint density at radius 3 is 2.81 bits per heavy atom. The Balaban J connectivity index is 1.52. The van der Waals surface area contributed by atoms with E-state index in [1.807, 2.05) is 12.1 Å². The minimum atomic E-state index is -0.130. The second-order valence-corrected chi connectivity index (χ2v) is 5.69. The van der Waals surface area contributed by atoms with E-state index in [0.717, 1.165) is 11.5 Å². The van der Waals surface area contributed by atoms with Crippen LogP contribution in [0.2, 0.25) is 0 Å². The van der Waals surface area contributed by atoms with Crippen molar-refractivity contribution in [3.8, 4) is 5.75 Å². The number of furan rings is 1. The predicted octanol–water partition coefficient (Wildman–Crippen LogP) is 3.68. The van der Waals surface area contributed by atoms with Crippen LogP contribution < -0.4 is 5.32 Å². The molecule has 1 amide bonds. The average molecular weight is 285 g/mol. The number of hydrogen-bond acceptors (Lipinski definition) is 3. The van der Waals surface area contributed by atoms with Crippen LogP contribution in [0.3, 0.4) is 0 Å². The largest absolute Gasteiger partial charge is 0.506 e. The van der Waals surface area contributed by atoms with Gasteiger partial charge in [-0.2, -0.15) is 0 Å². The molecule has 1 aromatic carbocycles. The molecule has 0 spiro atoms. The number of carbonyl (C=O) groups is 1. The second kappa shape index (κ2) is 5.64. The summed E-state index contributed by atoms with van der Waals surface area (Å²) in [6, 6.07) is 10.7. The molecule has 0 unspecified atom stereocenters. The number of carbonyl (C=O) groups excluding carboxylic acids is 1. The molecular weight excluding hydrogens is 266 g/mol. The number of aryl methyl sites for hydroxylation is 1. The highest BCUT2D eigenvalue weighted by Gasteiger charge is 2.36. The molecule has 0 bridgehead atoms. The lowest BCUT2D eigenvalue weighted by molar-refractivity contribution is -0.116. The Morgan fingerprint density at radius 1 is 1.33 bits per heavy atom. The Labute approximate surface area is 123 Å². The molecule has 4 heteroatoms. The molecule has 3 rings (SSSR count). The van der Waals surface area contributed by atoms with Gasteiger partial charge in [-0.15, -0.1) is 0 Å². The lowest BCUT2D eigenvalue weighted by atomic mass is 10.2. The molecule has 1 heterocycles. The summed E-state index contributed by atoms with van der Waals surface area (Å²) >= 11 is 0. The van der Waals surface area contributed by atoms with Gasteiger partial charge in [0, 0.05) is 18.8 Å². The molecule has 1 fully saturated rings. The van der Waals surface area contributed by atoms with Crippen LogP contribution in [0.4, 0.5) is 5.69 Å². The quantitative estimate of drug-likeness (QED) is 0.824. The van der Waals surface area contributed by atoms with Gasteiger partial charge in [0.1, 0.15) is 17.3 Å². The number of nitrogens with one attached hydrogen (secondary N) is 1. The summed E-state index contributed by atoms with van der Waals surface area (Å²) in [5, 5.41) is 12.3. The van der Waals surface area contributed by atoms with E-state index in [1.54, 1.807) is 24.3 Å². The first-order valence-corrected chi connectivity index (χ1v) is 7.30. The van der Waals surface area contributed by atoms with E-state index < -0.39 is 0 Å². The number of anilines is 1. The summed E-state index contributed by atoms with van der Waals surface area (Å²) in [4.78, 5) is 11.9. The summed E-state index contributed by atoms with van der Waals surface area (Å²) in [5.74, 6) is 3.11. The Bertz CT molecular complexity index is 647. The van der Waals surface area contributed by atoms with Crippen LogP contribution in [-0.4, -0.2) is 11.0 Å². The predicted molar refractivity (Wildman–Crippen MR) is 80.3 cm³/mol. The molecule has 1 aromatic heterocycles. The number of para-hydroxylation sites is 2. The molecule has 2 N–H and O–H groups in total. The molecule has 4 nitrogen and oxygen atoms in total. The second-order valence-electron chi connectivity index (χ2n) is 5.69. The van der Waals surface area contributed by atoms with E-state index in [9.17, 15) is 9.90 Å². The van der Waals surface area contributed by atoms with Gasteiger partial charge in [0.25, 0.3) is 0 Å². The molecule has 1 aliphatic carbocycles. The number of amides is 1. The van der Waals surface area contributed by atoms with Gasteiger partial charge in [-0.05, 0) is 36.6 Å². The SMILES string of the molecule is C[C@H]1C[C@H]1c1ccc(CCC(=O)Nc2ccccc2O)o1. The summed E-state index contributed by atoms with van der Waals surface area (Å²) < 4.78 is 5.77. The fraction of sp³-hybridized carbons (Fsp3) is 0.353. The maximum absolute atomic E-state index is 11.9. The summed E-state index contributed by atoms with van der Waals surface area (Å²) in [5.41, 5.74) is 0.439. The van der Waals surface area contributed by atoms with Gasteiger partial charge >= 0.3 is 0 Å². The Kier molecular flexibility index (Phi) is 3.69. The molecule has 1 aliphatic rings. The van der Waals surface area contributed by atoms with Crippen molar-refractivity contribution in [2.45, 2.75) is 32.1 Å². The van der Waals surface area contributed by atoms with Crippen molar-refractivity contribution in [2.24, 2.45) is 5.92 Å². The maximum atomic E-state index is 11.9. The highest BCUT2D eigenvalue weighted by Crippen LogP contribution is 2.47. The standard InChI is InChI=1S/C17H19NO3/c1-11-10-13(11)16-8-6-12(21-16)7-9-17(20)18-14-4-2-3-5-15(14)19/h2-6,8,11,13,19H,7,9-10H2,1H3,(H,18,20)/t11-,13+/m0/s1. The first-order chi connectivity index (χ1) is 10.1. The van der Waals surface area contributed by atoms with Gasteiger partial charge in [-0.1, -0.05) is 19.1 Å². The zero-order valence-electron chi connectivity index (χ0n) is 12.0. The fourth-order valence-electron chi connectivity index (χ4n) is 2.48. The summed E-state index contributed by atoms with van der Waals surface area (Å²) in [6.07, 6.45) is 2.10. The minimum Gasteiger partial charge on any atom is -0.506 e. The first-order valence-electron chi connectivity index (χ1n) is 7.30. The van der Waals surface area contributed by atoms with Gasteiger partial charge in [-0.3, -0.25) is 4.79 Å². The number of aromatic hydroxyl groups is 1. The van der Waals surface area contributed by atoms with Crippen molar-refractivity contribution in [1.82, 2.24) is 0 Å². The molecule has 2 aromatic rings. The van der Waals surface area contributed by atoms with E-state index in [1.165, 1.54) is 6.42 Å². The number of phenolic OH excluding ortho intramolecular Hbond substituents is 1. The van der Waals surface area contributed by atoms with E-state index in [-0.39, 0.29) is 11.7 Å². The van der Waals surface area contributed by atoms with Gasteiger partial charge < -0.3 is 14.8 Å². The third-order valence-electron chi connectivity index (χ3n) is 3.93. The smallest absolute Gasteiger partial charge is 0.224 e. The van der Waals surface area contributed by atoms with Crippen molar-refractivity contribution >= 4 is 11.6 Å². The molecule has 0 radical (unpaired) electrons. The van der Waals surface area contributed by atoms with Gasteiger partial charge in [0.05, 0.1) is 5.69 Å². The topological polar surface area (TPSA) is 62.5 Å². The Hall–Kier alpha value is -2.23. The number of rotatable bonds is 5. The lowest BCUT2D eigenvalue weighted by Crippen LogP contribution is -2.12. The van der Waals surface area contributed by atoms with Crippen molar-refractivity contribution in [2.75, 3.05) is 5.32 Å². The van der Waals surface area contributed by atoms with E-state index in [4.69, 9.17) is 4.42 Å². The molecule has 110 valence electrons. The molecule has 21 heavy (non-hydrogen) atoms. The van der Waals surface area contributed by atoms with Crippen LogP contribution in [0.15, 0.2) is 40.8 Å². The zero-order chi connectivity index (χ0) is 14.8. The van der Waals surface area contributed by atoms with E-state index >= 15 is 0 Å². The summed E-state index contributed by atoms with van der Waals surface area (Å²) in [7, 11) is 0. The molecule has 0 aliphatic heterocycles. The lowest BCUT2D eigenvalue weighted by Gasteiger charge is -2.06. The first kappa shape index (κ1) is 13.7. The molecular formula is C17H19NO3. The zero-order valence-corrected chi connectivity index (χ0v) is 12.0. The molecule has 1 saturated carbocycles. The van der Waals surface area contributed by atoms with Crippen molar-refractivity contribution in [3.05, 3.63) is 47.9 Å². The van der Waals surface area contributed by atoms with Crippen LogP contribution in [0.5, 0.6) is 5.75 Å². The van der Waals surface area contributed by atoms with Crippen LogP contribution in [-0.2, 0) is 11.2 Å². The fourth-order valence-corrected chi connectivity index (χ4v) is 2.48. The third kappa shape index (κ3) is 3.27. The van der Waals surface area contributed by atoms with E-state index in [2.05, 4.69) is 12.2 Å². The number of hydrogen-bond donors (Lipinski definition) is 2. The van der Waals surface area contributed by atoms with Crippen molar-refractivity contribution in [1.29, 1.82) is 0 Å². The number of benzene rings is 1. The Morgan fingerprint density at radius 2 is 2.10 bits per heavy atom. The van der Waals surface area contributed by atoms with Crippen molar-refractivity contribution in [3.63, 3.8) is 0 Å². The monoisotopic (exact) mass is 285 g/mol. The van der Waals surface area contributed by atoms with Crippen LogP contribution >= 0.6 is 0 Å². The molecule has 2 atom stereocenters. The van der Waals surface area contributed by atoms with Crippen molar-refractivity contribution < 1.29 is 14.3 Å². The average Bonchev–Trinajstić information content (AvgIpc) is 3.01. The highest BCUT2D eigenvalue weighted by atomic mass is 16.3. The van der Waals surface area contributed by atoms with E-state index in [0.29, 0.717) is 30.4 Å².